The van der Waals surface area contributed by atoms with Crippen molar-refractivity contribution in [1.29, 1.82) is 0 Å². The first kappa shape index (κ1) is 13.5. The third-order valence-electron chi connectivity index (χ3n) is 3.31. The summed E-state index contributed by atoms with van der Waals surface area (Å²) in [7, 11) is 1.80. The number of aliphatic hydroxyl groups excluding tert-OH is 1. The van der Waals surface area contributed by atoms with Crippen LogP contribution in [0, 0.1) is 0 Å². The lowest BCUT2D eigenvalue weighted by Crippen LogP contribution is -2.38. The Hall–Kier alpha value is -0.880. The number of nitrogens with zero attached hydrogens (tertiary/aromatic N) is 3. The van der Waals surface area contributed by atoms with Crippen molar-refractivity contribution in [3.05, 3.63) is 10.7 Å². The fraction of sp³-hybridized carbons (Fsp3) is 0.667. The Morgan fingerprint density at radius 1 is 1.50 bits per heavy atom. The van der Waals surface area contributed by atoms with Crippen LogP contribution in [0.4, 0.5) is 11.8 Å². The quantitative estimate of drug-likeness (QED) is 0.894. The smallest absolute Gasteiger partial charge is 0.224 e. The van der Waals surface area contributed by atoms with Crippen molar-refractivity contribution in [1.82, 2.24) is 9.97 Å². The van der Waals surface area contributed by atoms with Crippen molar-refractivity contribution >= 4 is 27.7 Å². The van der Waals surface area contributed by atoms with Gasteiger partial charge < -0.3 is 15.3 Å². The fourth-order valence-electron chi connectivity index (χ4n) is 2.33. The molecule has 0 bridgehead atoms. The molecular formula is C12H19BrN4O. The molecule has 1 aromatic heterocycles. The van der Waals surface area contributed by atoms with Crippen LogP contribution >= 0.6 is 15.9 Å². The van der Waals surface area contributed by atoms with E-state index in [1.807, 2.05) is 0 Å². The standard InChI is InChI=1S/C12H19BrN4O/c1-14-12-15-7-10(13)11(16-12)17-6-4-2-3-5-9(17)8-18/h7,9,18H,2-6,8H2,1H3,(H,14,15,16). The van der Waals surface area contributed by atoms with Crippen LogP contribution in [-0.4, -0.2) is 41.3 Å². The zero-order valence-corrected chi connectivity index (χ0v) is 12.2. The van der Waals surface area contributed by atoms with E-state index < -0.39 is 0 Å². The SMILES string of the molecule is CNc1ncc(Br)c(N2CCCCCC2CO)n1. The topological polar surface area (TPSA) is 61.3 Å². The second kappa shape index (κ2) is 6.33. The van der Waals surface area contributed by atoms with Crippen molar-refractivity contribution in [2.24, 2.45) is 0 Å². The molecule has 5 nitrogen and oxygen atoms in total. The van der Waals surface area contributed by atoms with Crippen LogP contribution < -0.4 is 10.2 Å². The van der Waals surface area contributed by atoms with Gasteiger partial charge in [0.05, 0.1) is 17.1 Å². The highest BCUT2D eigenvalue weighted by Crippen LogP contribution is 2.29. The Balaban J connectivity index is 2.31. The third-order valence-corrected chi connectivity index (χ3v) is 3.87. The molecule has 2 heterocycles. The summed E-state index contributed by atoms with van der Waals surface area (Å²) < 4.78 is 0.877. The van der Waals surface area contributed by atoms with E-state index in [0.717, 1.165) is 29.7 Å². The van der Waals surface area contributed by atoms with Crippen LogP contribution in [0.2, 0.25) is 0 Å². The predicted molar refractivity (Wildman–Crippen MR) is 76.0 cm³/mol. The number of hydrogen-bond donors (Lipinski definition) is 2. The van der Waals surface area contributed by atoms with Gasteiger partial charge in [0.2, 0.25) is 5.95 Å². The molecule has 1 fully saturated rings. The molecule has 0 saturated carbocycles. The molecule has 1 aliphatic rings. The van der Waals surface area contributed by atoms with Crippen LogP contribution in [0.25, 0.3) is 0 Å². The molecule has 1 aromatic rings. The summed E-state index contributed by atoms with van der Waals surface area (Å²) in [5.41, 5.74) is 0. The summed E-state index contributed by atoms with van der Waals surface area (Å²) in [4.78, 5) is 10.9. The van der Waals surface area contributed by atoms with Gasteiger partial charge in [0.25, 0.3) is 0 Å². The van der Waals surface area contributed by atoms with E-state index in [0.29, 0.717) is 5.95 Å². The van der Waals surface area contributed by atoms with Gasteiger partial charge in [-0.3, -0.25) is 0 Å². The van der Waals surface area contributed by atoms with Crippen LogP contribution in [-0.2, 0) is 0 Å². The van der Waals surface area contributed by atoms with Crippen LogP contribution in [0.3, 0.4) is 0 Å². The predicted octanol–water partition coefficient (Wildman–Crippen LogP) is 2.02. The van der Waals surface area contributed by atoms with E-state index in [2.05, 4.69) is 36.1 Å². The highest BCUT2D eigenvalue weighted by Gasteiger charge is 2.23. The normalized spacial score (nSPS) is 20.6. The van der Waals surface area contributed by atoms with Gasteiger partial charge in [-0.15, -0.1) is 0 Å². The Morgan fingerprint density at radius 2 is 2.33 bits per heavy atom. The molecule has 0 aliphatic carbocycles. The van der Waals surface area contributed by atoms with Crippen LogP contribution in [0.1, 0.15) is 25.7 Å². The number of hydrogen-bond acceptors (Lipinski definition) is 5. The molecular weight excluding hydrogens is 296 g/mol. The minimum absolute atomic E-state index is 0.156. The van der Waals surface area contributed by atoms with Crippen molar-refractivity contribution in [3.63, 3.8) is 0 Å². The maximum Gasteiger partial charge on any atom is 0.224 e. The molecule has 2 N–H and O–H groups in total. The minimum atomic E-state index is 0.156. The average Bonchev–Trinajstić information content (AvgIpc) is 2.64. The Kier molecular flexibility index (Phi) is 4.77. The Bertz CT molecular complexity index is 402. The van der Waals surface area contributed by atoms with E-state index >= 15 is 0 Å². The highest BCUT2D eigenvalue weighted by molar-refractivity contribution is 9.10. The maximum absolute atomic E-state index is 9.55. The number of nitrogens with one attached hydrogen (secondary N) is 1. The summed E-state index contributed by atoms with van der Waals surface area (Å²) in [5.74, 6) is 1.48. The van der Waals surface area contributed by atoms with Crippen molar-refractivity contribution in [2.45, 2.75) is 31.7 Å². The van der Waals surface area contributed by atoms with Gasteiger partial charge in [0.15, 0.2) is 0 Å². The molecule has 1 saturated heterocycles. The van der Waals surface area contributed by atoms with Gasteiger partial charge in [-0.25, -0.2) is 4.98 Å². The molecule has 100 valence electrons. The van der Waals surface area contributed by atoms with Gasteiger partial charge in [-0.1, -0.05) is 12.8 Å². The van der Waals surface area contributed by atoms with Crippen molar-refractivity contribution < 1.29 is 5.11 Å². The first-order chi connectivity index (χ1) is 8.76. The number of halogens is 1. The van der Waals surface area contributed by atoms with E-state index in [1.165, 1.54) is 12.8 Å². The molecule has 18 heavy (non-hydrogen) atoms. The maximum atomic E-state index is 9.55. The van der Waals surface area contributed by atoms with Gasteiger partial charge in [-0.05, 0) is 28.8 Å². The number of rotatable bonds is 3. The number of aromatic nitrogens is 2. The zero-order valence-electron chi connectivity index (χ0n) is 10.6. The molecule has 0 aromatic carbocycles. The van der Waals surface area contributed by atoms with E-state index in [-0.39, 0.29) is 12.6 Å². The number of anilines is 2. The fourth-order valence-corrected chi connectivity index (χ4v) is 2.74. The Morgan fingerprint density at radius 3 is 3.06 bits per heavy atom. The molecule has 2 rings (SSSR count). The summed E-state index contributed by atoms with van der Waals surface area (Å²) in [6.07, 6.45) is 6.30. The summed E-state index contributed by atoms with van der Waals surface area (Å²) in [6, 6.07) is 0.156. The van der Waals surface area contributed by atoms with Crippen molar-refractivity contribution in [3.8, 4) is 0 Å². The van der Waals surface area contributed by atoms with E-state index in [4.69, 9.17) is 0 Å². The third kappa shape index (κ3) is 2.92. The molecule has 0 radical (unpaired) electrons. The molecule has 1 unspecified atom stereocenters. The number of aliphatic hydroxyl groups is 1. The zero-order chi connectivity index (χ0) is 13.0. The highest BCUT2D eigenvalue weighted by atomic mass is 79.9. The average molecular weight is 315 g/mol. The molecule has 6 heteroatoms. The first-order valence-electron chi connectivity index (χ1n) is 6.34. The molecule has 0 spiro atoms. The second-order valence-electron chi connectivity index (χ2n) is 4.49. The lowest BCUT2D eigenvalue weighted by atomic mass is 10.1. The van der Waals surface area contributed by atoms with E-state index in [1.54, 1.807) is 13.2 Å². The monoisotopic (exact) mass is 314 g/mol. The summed E-state index contributed by atoms with van der Waals surface area (Å²) >= 11 is 3.50. The second-order valence-corrected chi connectivity index (χ2v) is 5.35. The lowest BCUT2D eigenvalue weighted by molar-refractivity contribution is 0.254. The first-order valence-corrected chi connectivity index (χ1v) is 7.13. The molecule has 1 aliphatic heterocycles. The lowest BCUT2D eigenvalue weighted by Gasteiger charge is -2.30. The summed E-state index contributed by atoms with van der Waals surface area (Å²) in [5, 5.41) is 12.5. The van der Waals surface area contributed by atoms with Crippen molar-refractivity contribution in [2.75, 3.05) is 30.4 Å². The minimum Gasteiger partial charge on any atom is -0.394 e. The van der Waals surface area contributed by atoms with Gasteiger partial charge in [0, 0.05) is 19.8 Å². The summed E-state index contributed by atoms with van der Waals surface area (Å²) in [6.45, 7) is 1.11. The molecule has 0 amide bonds. The Labute approximate surface area is 116 Å². The van der Waals surface area contributed by atoms with Crippen LogP contribution in [0.15, 0.2) is 10.7 Å². The van der Waals surface area contributed by atoms with Crippen LogP contribution in [0.5, 0.6) is 0 Å². The van der Waals surface area contributed by atoms with Gasteiger partial charge in [0.1, 0.15) is 5.82 Å². The van der Waals surface area contributed by atoms with E-state index in [9.17, 15) is 5.11 Å². The molecule has 1 atom stereocenters. The largest absolute Gasteiger partial charge is 0.394 e. The van der Waals surface area contributed by atoms with Gasteiger partial charge in [-0.2, -0.15) is 4.98 Å². The van der Waals surface area contributed by atoms with Gasteiger partial charge >= 0.3 is 0 Å².